The van der Waals surface area contributed by atoms with E-state index in [0.29, 0.717) is 10.8 Å². The number of carbonyl (C=O) groups is 1. The Kier molecular flexibility index (Phi) is 5.52. The van der Waals surface area contributed by atoms with E-state index >= 15 is 0 Å². The number of aromatic nitrogens is 1. The Morgan fingerprint density at radius 2 is 2.08 bits per heavy atom. The molecule has 0 bridgehead atoms. The molecule has 0 spiro atoms. The molecule has 1 aliphatic rings. The van der Waals surface area contributed by atoms with Gasteiger partial charge in [-0.05, 0) is 37.0 Å². The summed E-state index contributed by atoms with van der Waals surface area (Å²) in [6, 6.07) is 15.2. The lowest BCUT2D eigenvalue weighted by molar-refractivity contribution is -0.128. The highest BCUT2D eigenvalue weighted by atomic mass is 35.5. The van der Waals surface area contributed by atoms with Crippen LogP contribution in [0.2, 0.25) is 5.02 Å². The Hall–Kier alpha value is -2.58. The number of carbonyl (C=O) groups excluding carboxylic acids is 1. The number of nitrogens with one attached hydrogen (secondary N) is 1. The summed E-state index contributed by atoms with van der Waals surface area (Å²) in [7, 11) is 0. The van der Waals surface area contributed by atoms with Crippen LogP contribution in [0, 0.1) is 11.3 Å². The molecule has 0 radical (unpaired) electrons. The number of pyridine rings is 1. The van der Waals surface area contributed by atoms with Crippen molar-refractivity contribution in [3.8, 4) is 6.07 Å². The Morgan fingerprint density at radius 1 is 1.28 bits per heavy atom. The zero-order valence-electron chi connectivity index (χ0n) is 13.8. The fraction of sp³-hybridized carbons (Fsp3) is 0.316. The van der Waals surface area contributed by atoms with Crippen molar-refractivity contribution in [2.45, 2.75) is 25.3 Å². The van der Waals surface area contributed by atoms with Crippen molar-refractivity contribution in [2.24, 2.45) is 0 Å². The Balaban J connectivity index is 1.52. The Bertz CT molecular complexity index is 788. The SMILES string of the molecule is N#Cc1nc(NC2CCN(CCCc3ccccc3)C2=O)ccc1Cl. The largest absolute Gasteiger partial charge is 0.358 e. The summed E-state index contributed by atoms with van der Waals surface area (Å²) in [5.41, 5.74) is 1.45. The van der Waals surface area contributed by atoms with Gasteiger partial charge in [-0.2, -0.15) is 5.26 Å². The standard InChI is InChI=1S/C19H19ClN4O/c20-15-8-9-18(23-17(15)13-21)22-16-10-12-24(19(16)25)11-4-7-14-5-2-1-3-6-14/h1-3,5-6,8-9,16H,4,7,10-12H2,(H,22,23). The first-order valence-electron chi connectivity index (χ1n) is 8.33. The van der Waals surface area contributed by atoms with Gasteiger partial charge < -0.3 is 10.2 Å². The number of halogens is 1. The molecule has 1 saturated heterocycles. The van der Waals surface area contributed by atoms with Crippen molar-refractivity contribution in [3.05, 3.63) is 58.7 Å². The molecule has 1 fully saturated rings. The summed E-state index contributed by atoms with van der Waals surface area (Å²) in [5.74, 6) is 0.591. The van der Waals surface area contributed by atoms with E-state index < -0.39 is 0 Å². The molecule has 128 valence electrons. The van der Waals surface area contributed by atoms with Gasteiger partial charge in [0.25, 0.3) is 0 Å². The maximum absolute atomic E-state index is 12.5. The van der Waals surface area contributed by atoms with Gasteiger partial charge in [-0.15, -0.1) is 0 Å². The molecule has 0 saturated carbocycles. The minimum absolute atomic E-state index is 0.0864. The van der Waals surface area contributed by atoms with Crippen LogP contribution in [0.25, 0.3) is 0 Å². The molecule has 6 heteroatoms. The van der Waals surface area contributed by atoms with Gasteiger partial charge >= 0.3 is 0 Å². The van der Waals surface area contributed by atoms with Crippen molar-refractivity contribution in [1.29, 1.82) is 5.26 Å². The van der Waals surface area contributed by atoms with Crippen LogP contribution in [0.3, 0.4) is 0 Å². The highest BCUT2D eigenvalue weighted by Crippen LogP contribution is 2.20. The molecule has 5 nitrogen and oxygen atoms in total. The van der Waals surface area contributed by atoms with Crippen molar-refractivity contribution < 1.29 is 4.79 Å². The summed E-state index contributed by atoms with van der Waals surface area (Å²) in [6.45, 7) is 1.49. The number of aryl methyl sites for hydroxylation is 1. The molecule has 1 aliphatic heterocycles. The number of amides is 1. The summed E-state index contributed by atoms with van der Waals surface area (Å²) in [6.07, 6.45) is 2.64. The number of anilines is 1. The maximum Gasteiger partial charge on any atom is 0.245 e. The second kappa shape index (κ2) is 8.00. The molecule has 25 heavy (non-hydrogen) atoms. The van der Waals surface area contributed by atoms with E-state index in [4.69, 9.17) is 16.9 Å². The highest BCUT2D eigenvalue weighted by Gasteiger charge is 2.31. The van der Waals surface area contributed by atoms with Crippen LogP contribution in [0.1, 0.15) is 24.1 Å². The molecule has 0 aliphatic carbocycles. The molecular weight excluding hydrogens is 336 g/mol. The minimum Gasteiger partial charge on any atom is -0.358 e. The minimum atomic E-state index is -0.294. The Morgan fingerprint density at radius 3 is 2.84 bits per heavy atom. The van der Waals surface area contributed by atoms with Gasteiger partial charge in [0, 0.05) is 13.1 Å². The number of nitrogens with zero attached hydrogens (tertiary/aromatic N) is 3. The van der Waals surface area contributed by atoms with E-state index in [2.05, 4.69) is 22.4 Å². The highest BCUT2D eigenvalue weighted by molar-refractivity contribution is 6.31. The zero-order valence-corrected chi connectivity index (χ0v) is 14.5. The van der Waals surface area contributed by atoms with Crippen LogP contribution in [-0.2, 0) is 11.2 Å². The van der Waals surface area contributed by atoms with Gasteiger partial charge in [0.2, 0.25) is 5.91 Å². The second-order valence-electron chi connectivity index (χ2n) is 6.04. The van der Waals surface area contributed by atoms with Gasteiger partial charge in [0.1, 0.15) is 17.9 Å². The summed E-state index contributed by atoms with van der Waals surface area (Å²) in [5, 5.41) is 12.4. The average Bonchev–Trinajstić information content (AvgIpc) is 2.98. The second-order valence-corrected chi connectivity index (χ2v) is 6.45. The molecule has 1 unspecified atom stereocenters. The Labute approximate surface area is 152 Å². The van der Waals surface area contributed by atoms with E-state index in [9.17, 15) is 4.79 Å². The number of nitriles is 1. The molecule has 2 aromatic rings. The molecule has 1 amide bonds. The van der Waals surface area contributed by atoms with Crippen LogP contribution in [0.5, 0.6) is 0 Å². The van der Waals surface area contributed by atoms with Gasteiger partial charge in [0.15, 0.2) is 5.69 Å². The summed E-state index contributed by atoms with van der Waals surface area (Å²) >= 11 is 5.88. The topological polar surface area (TPSA) is 69.0 Å². The zero-order chi connectivity index (χ0) is 17.6. The fourth-order valence-corrected chi connectivity index (χ4v) is 3.14. The van der Waals surface area contributed by atoms with Gasteiger partial charge in [0.05, 0.1) is 5.02 Å². The lowest BCUT2D eigenvalue weighted by Gasteiger charge is -2.17. The normalized spacial score (nSPS) is 16.7. The molecule has 1 aromatic heterocycles. The molecule has 1 N–H and O–H groups in total. The van der Waals surface area contributed by atoms with Crippen molar-refractivity contribution in [1.82, 2.24) is 9.88 Å². The van der Waals surface area contributed by atoms with Gasteiger partial charge in [-0.1, -0.05) is 41.9 Å². The van der Waals surface area contributed by atoms with E-state index in [-0.39, 0.29) is 17.6 Å². The predicted molar refractivity (Wildman–Crippen MR) is 97.3 cm³/mol. The average molecular weight is 355 g/mol. The first kappa shape index (κ1) is 17.2. The van der Waals surface area contributed by atoms with Crippen LogP contribution in [0.4, 0.5) is 5.82 Å². The summed E-state index contributed by atoms with van der Waals surface area (Å²) in [4.78, 5) is 18.5. The lowest BCUT2D eigenvalue weighted by atomic mass is 10.1. The third-order valence-electron chi connectivity index (χ3n) is 4.31. The van der Waals surface area contributed by atoms with Crippen LogP contribution in [0.15, 0.2) is 42.5 Å². The van der Waals surface area contributed by atoms with Crippen LogP contribution >= 0.6 is 11.6 Å². The lowest BCUT2D eigenvalue weighted by Crippen LogP contribution is -2.34. The third kappa shape index (κ3) is 4.28. The van der Waals surface area contributed by atoms with Gasteiger partial charge in [-0.25, -0.2) is 4.98 Å². The van der Waals surface area contributed by atoms with E-state index in [0.717, 1.165) is 32.4 Å². The van der Waals surface area contributed by atoms with E-state index in [1.54, 1.807) is 12.1 Å². The number of likely N-dealkylation sites (tertiary alicyclic amines) is 1. The maximum atomic E-state index is 12.5. The van der Waals surface area contributed by atoms with E-state index in [1.807, 2.05) is 29.2 Å². The number of rotatable bonds is 6. The number of benzene rings is 1. The first-order valence-corrected chi connectivity index (χ1v) is 8.71. The quantitative estimate of drug-likeness (QED) is 0.864. The number of hydrogen-bond acceptors (Lipinski definition) is 4. The van der Waals surface area contributed by atoms with Crippen molar-refractivity contribution in [3.63, 3.8) is 0 Å². The van der Waals surface area contributed by atoms with Gasteiger partial charge in [-0.3, -0.25) is 4.79 Å². The van der Waals surface area contributed by atoms with Crippen molar-refractivity contribution in [2.75, 3.05) is 18.4 Å². The predicted octanol–water partition coefficient (Wildman–Crippen LogP) is 3.25. The molecule has 1 aromatic carbocycles. The van der Waals surface area contributed by atoms with E-state index in [1.165, 1.54) is 5.56 Å². The van der Waals surface area contributed by atoms with Crippen LogP contribution < -0.4 is 5.32 Å². The van der Waals surface area contributed by atoms with Crippen LogP contribution in [-0.4, -0.2) is 34.9 Å². The molecule has 3 rings (SSSR count). The smallest absolute Gasteiger partial charge is 0.245 e. The summed E-state index contributed by atoms with van der Waals surface area (Å²) < 4.78 is 0. The monoisotopic (exact) mass is 354 g/mol. The molecule has 1 atom stereocenters. The fourth-order valence-electron chi connectivity index (χ4n) is 2.99. The first-order chi connectivity index (χ1) is 12.2. The molecular formula is C19H19ClN4O. The van der Waals surface area contributed by atoms with Crippen molar-refractivity contribution >= 4 is 23.3 Å². The number of hydrogen-bond donors (Lipinski definition) is 1. The molecule has 2 heterocycles. The third-order valence-corrected chi connectivity index (χ3v) is 4.61.